The van der Waals surface area contributed by atoms with Gasteiger partial charge in [-0.15, -0.1) is 0 Å². The van der Waals surface area contributed by atoms with Gasteiger partial charge in [-0.2, -0.15) is 4.68 Å². The van der Waals surface area contributed by atoms with Crippen LogP contribution in [-0.4, -0.2) is 58.3 Å². The van der Waals surface area contributed by atoms with Gasteiger partial charge in [-0.1, -0.05) is 23.3 Å². The Morgan fingerprint density at radius 3 is 2.50 bits per heavy atom. The van der Waals surface area contributed by atoms with E-state index in [1.165, 1.54) is 11.6 Å². The Bertz CT molecular complexity index is 811. The van der Waals surface area contributed by atoms with Crippen LogP contribution in [0.5, 0.6) is 0 Å². The Morgan fingerprint density at radius 2 is 1.88 bits per heavy atom. The highest BCUT2D eigenvalue weighted by Crippen LogP contribution is 2.22. The molecule has 2 aromatic rings. The van der Waals surface area contributed by atoms with Crippen molar-refractivity contribution in [3.05, 3.63) is 30.3 Å². The molecule has 0 aliphatic carbocycles. The third-order valence-electron chi connectivity index (χ3n) is 4.23. The molecule has 2 heterocycles. The molecule has 128 valence electrons. The second-order valence-corrected chi connectivity index (χ2v) is 7.87. The number of carbonyl (C=O) groups excluding carboxylic acids is 1. The molecular weight excluding hydrogens is 330 g/mol. The fraction of sp³-hybridized carbons (Fsp3) is 0.467. The van der Waals surface area contributed by atoms with Gasteiger partial charge in [0, 0.05) is 20.0 Å². The van der Waals surface area contributed by atoms with Crippen molar-refractivity contribution >= 4 is 15.7 Å². The summed E-state index contributed by atoms with van der Waals surface area (Å²) in [5, 5.41) is 10.9. The summed E-state index contributed by atoms with van der Waals surface area (Å²) in [4.78, 5) is 13.1. The van der Waals surface area contributed by atoms with Crippen LogP contribution < -0.4 is 0 Å². The second kappa shape index (κ2) is 6.68. The first-order chi connectivity index (χ1) is 11.5. The van der Waals surface area contributed by atoms with Gasteiger partial charge >= 0.3 is 0 Å². The number of aromatic nitrogens is 4. The zero-order chi connectivity index (χ0) is 17.2. The van der Waals surface area contributed by atoms with Crippen molar-refractivity contribution in [3.8, 4) is 5.69 Å². The topological polar surface area (TPSA) is 98.1 Å². The summed E-state index contributed by atoms with van der Waals surface area (Å²) in [6.07, 6.45) is 1.34. The van der Waals surface area contributed by atoms with Gasteiger partial charge in [0.25, 0.3) is 5.16 Å². The lowest BCUT2D eigenvalue weighted by Gasteiger charge is -2.30. The van der Waals surface area contributed by atoms with Gasteiger partial charge in [-0.25, -0.2) is 8.42 Å². The van der Waals surface area contributed by atoms with Crippen molar-refractivity contribution in [3.63, 3.8) is 0 Å². The number of carbonyl (C=O) groups is 1. The molecule has 1 aliphatic rings. The Kier molecular flexibility index (Phi) is 4.61. The lowest BCUT2D eigenvalue weighted by Crippen LogP contribution is -2.38. The van der Waals surface area contributed by atoms with Gasteiger partial charge < -0.3 is 4.90 Å². The maximum atomic E-state index is 12.7. The van der Waals surface area contributed by atoms with Gasteiger partial charge in [-0.3, -0.25) is 4.79 Å². The zero-order valence-corrected chi connectivity index (χ0v) is 14.2. The molecule has 8 nitrogen and oxygen atoms in total. The van der Waals surface area contributed by atoms with E-state index >= 15 is 0 Å². The molecule has 1 aliphatic heterocycles. The number of nitrogens with zero attached hydrogens (tertiary/aromatic N) is 5. The highest BCUT2D eigenvalue weighted by molar-refractivity contribution is 7.91. The van der Waals surface area contributed by atoms with Crippen LogP contribution >= 0.6 is 0 Å². The summed E-state index contributed by atoms with van der Waals surface area (Å²) < 4.78 is 26.7. The van der Waals surface area contributed by atoms with Crippen LogP contribution in [0.15, 0.2) is 35.5 Å². The number of hydrogen-bond donors (Lipinski definition) is 0. The predicted molar refractivity (Wildman–Crippen MR) is 86.2 cm³/mol. The summed E-state index contributed by atoms with van der Waals surface area (Å²) in [6, 6.07) is 8.93. The first kappa shape index (κ1) is 16.6. The average Bonchev–Trinajstić information content (AvgIpc) is 3.06. The van der Waals surface area contributed by atoms with Crippen LogP contribution in [0.4, 0.5) is 0 Å². The van der Waals surface area contributed by atoms with E-state index in [0.717, 1.165) is 0 Å². The molecule has 24 heavy (non-hydrogen) atoms. The van der Waals surface area contributed by atoms with Gasteiger partial charge in [0.2, 0.25) is 15.7 Å². The van der Waals surface area contributed by atoms with Crippen LogP contribution in [-0.2, 0) is 14.6 Å². The summed E-state index contributed by atoms with van der Waals surface area (Å²) in [6.45, 7) is 2.73. The maximum absolute atomic E-state index is 12.7. The number of rotatable bonds is 4. The monoisotopic (exact) mass is 349 g/mol. The Morgan fingerprint density at radius 1 is 1.21 bits per heavy atom. The van der Waals surface area contributed by atoms with Crippen LogP contribution in [0.1, 0.15) is 19.8 Å². The van der Waals surface area contributed by atoms with E-state index < -0.39 is 9.84 Å². The van der Waals surface area contributed by atoms with E-state index in [2.05, 4.69) is 15.5 Å². The molecule has 0 N–H and O–H groups in total. The smallest absolute Gasteiger partial charge is 0.272 e. The molecule has 1 fully saturated rings. The molecule has 0 radical (unpaired) electrons. The normalized spacial score (nSPS) is 16.3. The fourth-order valence-electron chi connectivity index (χ4n) is 2.90. The van der Waals surface area contributed by atoms with Crippen molar-refractivity contribution in [2.45, 2.75) is 24.9 Å². The quantitative estimate of drug-likeness (QED) is 0.806. The molecule has 1 aromatic heterocycles. The van der Waals surface area contributed by atoms with Crippen LogP contribution in [0, 0.1) is 5.92 Å². The van der Waals surface area contributed by atoms with Gasteiger partial charge in [0.1, 0.15) is 0 Å². The molecular formula is C15H19N5O3S. The third kappa shape index (κ3) is 3.45. The van der Waals surface area contributed by atoms with Crippen LogP contribution in [0.25, 0.3) is 5.69 Å². The van der Waals surface area contributed by atoms with Crippen molar-refractivity contribution in [2.75, 3.05) is 18.8 Å². The highest BCUT2D eigenvalue weighted by atomic mass is 32.2. The molecule has 0 saturated carbocycles. The molecule has 1 aromatic carbocycles. The van der Waals surface area contributed by atoms with Gasteiger partial charge in [0.05, 0.1) is 11.4 Å². The minimum absolute atomic E-state index is 0.00604. The van der Waals surface area contributed by atoms with Gasteiger partial charge in [0.15, 0.2) is 0 Å². The molecule has 0 unspecified atom stereocenters. The Balaban J connectivity index is 1.76. The minimum atomic E-state index is -3.61. The van der Waals surface area contributed by atoms with Crippen LogP contribution in [0.3, 0.4) is 0 Å². The molecule has 0 bridgehead atoms. The minimum Gasteiger partial charge on any atom is -0.343 e. The third-order valence-corrected chi connectivity index (χ3v) is 5.96. The largest absolute Gasteiger partial charge is 0.343 e. The average molecular weight is 349 g/mol. The predicted octanol–water partition coefficient (Wildman–Crippen LogP) is 0.695. The standard InChI is InChI=1S/C15H19N5O3S/c1-12(21)19-9-7-13(8-10-19)11-24(22,23)15-16-17-18-20(15)14-5-3-2-4-6-14/h2-6,13H,7-11H2,1H3. The lowest BCUT2D eigenvalue weighted by atomic mass is 9.99. The summed E-state index contributed by atoms with van der Waals surface area (Å²) in [7, 11) is -3.61. The molecule has 0 spiro atoms. The number of para-hydroxylation sites is 1. The van der Waals surface area contributed by atoms with E-state index in [9.17, 15) is 13.2 Å². The summed E-state index contributed by atoms with van der Waals surface area (Å²) >= 11 is 0. The Hall–Kier alpha value is -2.29. The number of hydrogen-bond acceptors (Lipinski definition) is 6. The number of piperidine rings is 1. The van der Waals surface area contributed by atoms with E-state index in [0.29, 0.717) is 31.6 Å². The molecule has 3 rings (SSSR count). The van der Waals surface area contributed by atoms with Crippen molar-refractivity contribution in [1.82, 2.24) is 25.1 Å². The van der Waals surface area contributed by atoms with Crippen molar-refractivity contribution in [1.29, 1.82) is 0 Å². The first-order valence-electron chi connectivity index (χ1n) is 7.79. The Labute approximate surface area is 140 Å². The highest BCUT2D eigenvalue weighted by Gasteiger charge is 2.30. The number of amides is 1. The second-order valence-electron chi connectivity index (χ2n) is 5.94. The summed E-state index contributed by atoms with van der Waals surface area (Å²) in [5.41, 5.74) is 0.604. The number of benzene rings is 1. The maximum Gasteiger partial charge on any atom is 0.272 e. The van der Waals surface area contributed by atoms with E-state index in [1.807, 2.05) is 6.07 Å². The molecule has 1 saturated heterocycles. The van der Waals surface area contributed by atoms with E-state index in [1.54, 1.807) is 29.2 Å². The number of likely N-dealkylation sites (tertiary alicyclic amines) is 1. The zero-order valence-electron chi connectivity index (χ0n) is 13.4. The SMILES string of the molecule is CC(=O)N1CCC(CS(=O)(=O)c2nnnn2-c2ccccc2)CC1. The fourth-order valence-corrected chi connectivity index (χ4v) is 4.57. The van der Waals surface area contributed by atoms with Crippen LogP contribution in [0.2, 0.25) is 0 Å². The summed E-state index contributed by atoms with van der Waals surface area (Å²) in [5.74, 6) is 0.0298. The van der Waals surface area contributed by atoms with E-state index in [-0.39, 0.29) is 22.7 Å². The molecule has 0 atom stereocenters. The number of sulfone groups is 1. The lowest BCUT2D eigenvalue weighted by molar-refractivity contribution is -0.130. The van der Waals surface area contributed by atoms with Crippen molar-refractivity contribution in [2.24, 2.45) is 5.92 Å². The first-order valence-corrected chi connectivity index (χ1v) is 9.44. The molecule has 9 heteroatoms. The number of tetrazole rings is 1. The molecule has 1 amide bonds. The van der Waals surface area contributed by atoms with Gasteiger partial charge in [-0.05, 0) is 41.3 Å². The van der Waals surface area contributed by atoms with E-state index in [4.69, 9.17) is 0 Å². The van der Waals surface area contributed by atoms with Crippen molar-refractivity contribution < 1.29 is 13.2 Å².